The molecule has 0 heterocycles. The molecule has 14 aromatic rings. The second kappa shape index (κ2) is 25.2. The van der Waals surface area contributed by atoms with Crippen molar-refractivity contribution in [3.8, 4) is 55.6 Å². The molecule has 0 bridgehead atoms. The van der Waals surface area contributed by atoms with Gasteiger partial charge in [-0.2, -0.15) is 0 Å². The van der Waals surface area contributed by atoms with Crippen molar-refractivity contribution in [2.75, 3.05) is 19.6 Å². The number of anilines is 12. The number of hydrogen-bond acceptors (Lipinski definition) is 4. The minimum absolute atomic E-state index is 1.05. The molecule has 0 unspecified atom stereocenters. The SMILES string of the molecule is c1ccc(-c2cccc(-c3ccc(N(c4ccc(-c5ccc(N(c6ccc(-c7cccc(-c8ccccc8)c7)cc6)c6ccc(N(c7ccccc7)c7ccccc7)cc6)cc5)cc4)c4ccc(N(c5ccccc5)c5ccccc5)cc4)cc3)c2)cc1. The summed E-state index contributed by atoms with van der Waals surface area (Å²) in [7, 11) is 0. The van der Waals surface area contributed by atoms with Crippen molar-refractivity contribution in [3.63, 3.8) is 0 Å². The quantitative estimate of drug-likeness (QED) is 0.0901. The molecule has 0 fully saturated rings. The first kappa shape index (κ1) is 54.2. The van der Waals surface area contributed by atoms with Crippen molar-refractivity contribution < 1.29 is 0 Å². The van der Waals surface area contributed by atoms with Gasteiger partial charge in [-0.1, -0.05) is 218 Å². The standard InChI is InChI=1S/C84H62N4/c1-7-21-63(22-8-1)69-25-19-27-71(61-69)67-41-49-79(50-42-67)87(83-57-53-81(54-58-83)85(73-29-11-3-12-30-73)74-31-13-4-14-32-74)77-45-37-65(38-46-77)66-39-47-78(48-40-66)88(80-51-43-68(44-52-80)72-28-20-26-70(62-72)64-23-9-2-10-24-64)84-59-55-82(56-60-84)86(75-33-15-5-16-34-75)76-35-17-6-18-36-76/h1-62H. The number of hydrogen-bond donors (Lipinski definition) is 0. The second-order valence-corrected chi connectivity index (χ2v) is 21.8. The minimum atomic E-state index is 1.05. The average Bonchev–Trinajstić information content (AvgIpc) is 2.17. The molecule has 88 heavy (non-hydrogen) atoms. The van der Waals surface area contributed by atoms with Gasteiger partial charge in [0.2, 0.25) is 0 Å². The maximum Gasteiger partial charge on any atom is 0.0463 e. The van der Waals surface area contributed by atoms with Crippen LogP contribution in [0.5, 0.6) is 0 Å². The average molecular weight is 1130 g/mol. The summed E-state index contributed by atoms with van der Waals surface area (Å²) >= 11 is 0. The first-order chi connectivity index (χ1) is 43.6. The normalized spacial score (nSPS) is 11.0. The Bertz CT molecular complexity index is 4150. The van der Waals surface area contributed by atoms with Crippen molar-refractivity contribution in [1.82, 2.24) is 0 Å². The Hall–Kier alpha value is -11.7. The Morgan fingerprint density at radius 2 is 0.239 bits per heavy atom. The van der Waals surface area contributed by atoms with Crippen molar-refractivity contribution in [3.05, 3.63) is 376 Å². The smallest absolute Gasteiger partial charge is 0.0463 e. The van der Waals surface area contributed by atoms with Gasteiger partial charge >= 0.3 is 0 Å². The van der Waals surface area contributed by atoms with Gasteiger partial charge in [0.25, 0.3) is 0 Å². The van der Waals surface area contributed by atoms with E-state index in [0.29, 0.717) is 0 Å². The van der Waals surface area contributed by atoms with Crippen LogP contribution in [-0.2, 0) is 0 Å². The molecule has 0 N–H and O–H groups in total. The minimum Gasteiger partial charge on any atom is -0.311 e. The first-order valence-corrected chi connectivity index (χ1v) is 30.0. The molecular formula is C84H62N4. The lowest BCUT2D eigenvalue weighted by molar-refractivity contribution is 1.25. The van der Waals surface area contributed by atoms with Gasteiger partial charge in [0.1, 0.15) is 0 Å². The van der Waals surface area contributed by atoms with E-state index in [0.717, 1.165) is 90.5 Å². The Balaban J connectivity index is 0.795. The molecule has 0 aliphatic heterocycles. The van der Waals surface area contributed by atoms with Crippen LogP contribution in [0.3, 0.4) is 0 Å². The van der Waals surface area contributed by atoms with Crippen molar-refractivity contribution in [2.24, 2.45) is 0 Å². The van der Waals surface area contributed by atoms with Crippen LogP contribution >= 0.6 is 0 Å². The van der Waals surface area contributed by atoms with Gasteiger partial charge in [-0.05, 0) is 213 Å². The molecule has 0 aliphatic rings. The molecule has 0 amide bonds. The van der Waals surface area contributed by atoms with Crippen LogP contribution in [0.15, 0.2) is 376 Å². The van der Waals surface area contributed by atoms with E-state index in [4.69, 9.17) is 0 Å². The molecule has 0 aromatic heterocycles. The van der Waals surface area contributed by atoms with Crippen LogP contribution in [0.2, 0.25) is 0 Å². The highest BCUT2D eigenvalue weighted by Crippen LogP contribution is 2.43. The van der Waals surface area contributed by atoms with Crippen molar-refractivity contribution in [1.29, 1.82) is 0 Å². The summed E-state index contributed by atoms with van der Waals surface area (Å²) in [4.78, 5) is 9.31. The maximum atomic E-state index is 2.35. The van der Waals surface area contributed by atoms with Crippen LogP contribution in [0.4, 0.5) is 68.2 Å². The Labute approximate surface area is 516 Å². The molecule has 0 saturated carbocycles. The zero-order chi connectivity index (χ0) is 58.9. The maximum absolute atomic E-state index is 2.35. The van der Waals surface area contributed by atoms with Crippen molar-refractivity contribution >= 4 is 68.2 Å². The zero-order valence-electron chi connectivity index (χ0n) is 48.6. The van der Waals surface area contributed by atoms with Crippen LogP contribution in [0, 0.1) is 0 Å². The lowest BCUT2D eigenvalue weighted by Gasteiger charge is -2.29. The van der Waals surface area contributed by atoms with E-state index in [1.165, 1.54) is 33.4 Å². The number of rotatable bonds is 17. The van der Waals surface area contributed by atoms with E-state index in [1.807, 2.05) is 0 Å². The summed E-state index contributed by atoms with van der Waals surface area (Å²) in [6, 6.07) is 135. The van der Waals surface area contributed by atoms with Gasteiger partial charge in [0.05, 0.1) is 0 Å². The van der Waals surface area contributed by atoms with Gasteiger partial charge in [-0.3, -0.25) is 0 Å². The third kappa shape index (κ3) is 11.7. The molecule has 4 heteroatoms. The van der Waals surface area contributed by atoms with E-state index < -0.39 is 0 Å². The van der Waals surface area contributed by atoms with Crippen LogP contribution in [0.25, 0.3) is 55.6 Å². The summed E-state index contributed by atoms with van der Waals surface area (Å²) in [6.45, 7) is 0. The highest BCUT2D eigenvalue weighted by Gasteiger charge is 2.20. The van der Waals surface area contributed by atoms with E-state index in [1.54, 1.807) is 0 Å². The largest absolute Gasteiger partial charge is 0.311 e. The van der Waals surface area contributed by atoms with Crippen LogP contribution in [0.1, 0.15) is 0 Å². The van der Waals surface area contributed by atoms with E-state index >= 15 is 0 Å². The first-order valence-electron chi connectivity index (χ1n) is 30.0. The fraction of sp³-hybridized carbons (Fsp3) is 0. The molecule has 4 nitrogen and oxygen atoms in total. The predicted octanol–water partition coefficient (Wildman–Crippen LogP) is 23.9. The fourth-order valence-electron chi connectivity index (χ4n) is 11.8. The van der Waals surface area contributed by atoms with Gasteiger partial charge in [0, 0.05) is 68.2 Å². The summed E-state index contributed by atoms with van der Waals surface area (Å²) < 4.78 is 0. The molecule has 14 aromatic carbocycles. The van der Waals surface area contributed by atoms with E-state index in [9.17, 15) is 0 Å². The molecular weight excluding hydrogens is 1060 g/mol. The Kier molecular flexibility index (Phi) is 15.6. The molecule has 418 valence electrons. The molecule has 0 radical (unpaired) electrons. The van der Waals surface area contributed by atoms with Gasteiger partial charge in [-0.25, -0.2) is 0 Å². The highest BCUT2D eigenvalue weighted by molar-refractivity contribution is 5.86. The molecule has 0 aliphatic carbocycles. The lowest BCUT2D eigenvalue weighted by Crippen LogP contribution is -2.12. The van der Waals surface area contributed by atoms with Gasteiger partial charge in [0.15, 0.2) is 0 Å². The van der Waals surface area contributed by atoms with Gasteiger partial charge < -0.3 is 19.6 Å². The second-order valence-electron chi connectivity index (χ2n) is 21.8. The summed E-state index contributed by atoms with van der Waals surface area (Å²) in [5.41, 5.74) is 24.6. The van der Waals surface area contributed by atoms with Crippen LogP contribution in [-0.4, -0.2) is 0 Å². The number of para-hydroxylation sites is 4. The number of nitrogens with zero attached hydrogens (tertiary/aromatic N) is 4. The van der Waals surface area contributed by atoms with Crippen LogP contribution < -0.4 is 19.6 Å². The monoisotopic (exact) mass is 1130 g/mol. The van der Waals surface area contributed by atoms with E-state index in [2.05, 4.69) is 396 Å². The highest BCUT2D eigenvalue weighted by atomic mass is 15.2. The molecule has 0 saturated heterocycles. The molecule has 0 atom stereocenters. The fourth-order valence-corrected chi connectivity index (χ4v) is 11.8. The summed E-state index contributed by atoms with van der Waals surface area (Å²) in [5, 5.41) is 0. The summed E-state index contributed by atoms with van der Waals surface area (Å²) in [5.74, 6) is 0. The Morgan fingerprint density at radius 3 is 0.443 bits per heavy atom. The predicted molar refractivity (Wildman–Crippen MR) is 372 cm³/mol. The third-order valence-corrected chi connectivity index (χ3v) is 16.2. The topological polar surface area (TPSA) is 13.0 Å². The number of benzene rings is 14. The summed E-state index contributed by atoms with van der Waals surface area (Å²) in [6.07, 6.45) is 0. The molecule has 14 rings (SSSR count). The Morgan fingerprint density at radius 1 is 0.102 bits per heavy atom. The zero-order valence-corrected chi connectivity index (χ0v) is 48.6. The molecule has 0 spiro atoms. The third-order valence-electron chi connectivity index (χ3n) is 16.2. The van der Waals surface area contributed by atoms with Gasteiger partial charge in [-0.15, -0.1) is 0 Å². The van der Waals surface area contributed by atoms with E-state index in [-0.39, 0.29) is 0 Å². The lowest BCUT2D eigenvalue weighted by atomic mass is 9.98. The van der Waals surface area contributed by atoms with Crippen molar-refractivity contribution in [2.45, 2.75) is 0 Å².